The molecule has 2 aromatic rings. The van der Waals surface area contributed by atoms with Gasteiger partial charge < -0.3 is 9.30 Å². The van der Waals surface area contributed by atoms with Gasteiger partial charge in [0.2, 0.25) is 0 Å². The second-order valence-electron chi connectivity index (χ2n) is 4.23. The van der Waals surface area contributed by atoms with E-state index in [1.54, 1.807) is 18.2 Å². The number of nitrogens with zero attached hydrogens (tertiary/aromatic N) is 2. The molecule has 0 bridgehead atoms. The summed E-state index contributed by atoms with van der Waals surface area (Å²) >= 11 is 0. The number of benzene rings is 1. The van der Waals surface area contributed by atoms with Crippen LogP contribution >= 0.6 is 0 Å². The van der Waals surface area contributed by atoms with Crippen LogP contribution in [0.1, 0.15) is 21.7 Å². The van der Waals surface area contributed by atoms with Crippen LogP contribution < -0.4 is 0 Å². The number of ether oxygens (including phenoxy) is 1. The molecule has 0 amide bonds. The first-order valence-corrected chi connectivity index (χ1v) is 5.93. The van der Waals surface area contributed by atoms with Gasteiger partial charge in [-0.05, 0) is 50.2 Å². The van der Waals surface area contributed by atoms with Gasteiger partial charge in [0.15, 0.2) is 6.61 Å². The van der Waals surface area contributed by atoms with Crippen LogP contribution in [0, 0.1) is 25.2 Å². The quantitative estimate of drug-likeness (QED) is 0.791. The molecule has 0 aliphatic carbocycles. The van der Waals surface area contributed by atoms with Gasteiger partial charge >= 0.3 is 5.97 Å². The number of aromatic nitrogens is 1. The van der Waals surface area contributed by atoms with Gasteiger partial charge in [-0.3, -0.25) is 0 Å². The predicted octanol–water partition coefficient (Wildman–Crippen LogP) is 2.77. The number of esters is 1. The minimum Gasteiger partial charge on any atom is -0.447 e. The molecule has 0 aliphatic heterocycles. The van der Waals surface area contributed by atoms with Crippen LogP contribution in [0.2, 0.25) is 0 Å². The van der Waals surface area contributed by atoms with E-state index >= 15 is 0 Å². The van der Waals surface area contributed by atoms with E-state index < -0.39 is 5.97 Å². The summed E-state index contributed by atoms with van der Waals surface area (Å²) in [7, 11) is 0. The molecular formula is C15H14N2O2. The standard InChI is InChI=1S/C15H14N2O2/c1-11-3-4-12(2)17(11)14-7-5-13(6-8-14)15(18)19-10-9-16/h3-8H,10H2,1-2H3. The van der Waals surface area contributed by atoms with Gasteiger partial charge in [0.1, 0.15) is 6.07 Å². The van der Waals surface area contributed by atoms with Crippen molar-refractivity contribution in [3.05, 3.63) is 53.3 Å². The maximum Gasteiger partial charge on any atom is 0.339 e. The highest BCUT2D eigenvalue weighted by Gasteiger charge is 2.08. The van der Waals surface area contributed by atoms with Gasteiger partial charge in [0, 0.05) is 17.1 Å². The highest BCUT2D eigenvalue weighted by molar-refractivity contribution is 5.89. The SMILES string of the molecule is Cc1ccc(C)n1-c1ccc(C(=O)OCC#N)cc1. The Morgan fingerprint density at radius 1 is 1.16 bits per heavy atom. The first-order chi connectivity index (χ1) is 9.13. The molecule has 0 unspecified atom stereocenters. The molecule has 96 valence electrons. The molecule has 1 aromatic heterocycles. The fourth-order valence-electron chi connectivity index (χ4n) is 2.00. The molecule has 0 atom stereocenters. The van der Waals surface area contributed by atoms with Gasteiger partial charge in [-0.15, -0.1) is 0 Å². The van der Waals surface area contributed by atoms with E-state index in [2.05, 4.69) is 4.57 Å². The van der Waals surface area contributed by atoms with Crippen LogP contribution in [0.25, 0.3) is 5.69 Å². The van der Waals surface area contributed by atoms with Crippen molar-refractivity contribution in [2.24, 2.45) is 0 Å². The van der Waals surface area contributed by atoms with E-state index in [1.807, 2.05) is 38.1 Å². The van der Waals surface area contributed by atoms with E-state index in [0.29, 0.717) is 5.56 Å². The third-order valence-electron chi connectivity index (χ3n) is 2.90. The maximum atomic E-state index is 11.6. The van der Waals surface area contributed by atoms with Crippen LogP contribution in [0.5, 0.6) is 0 Å². The Kier molecular flexibility index (Phi) is 3.67. The Morgan fingerprint density at radius 2 is 1.74 bits per heavy atom. The third-order valence-corrected chi connectivity index (χ3v) is 2.90. The number of aryl methyl sites for hydroxylation is 2. The summed E-state index contributed by atoms with van der Waals surface area (Å²) in [5.41, 5.74) is 3.72. The first-order valence-electron chi connectivity index (χ1n) is 5.93. The Bertz CT molecular complexity index is 614. The minimum absolute atomic E-state index is 0.226. The molecule has 0 aliphatic rings. The molecule has 4 nitrogen and oxygen atoms in total. The molecule has 1 heterocycles. The Balaban J connectivity index is 2.24. The Morgan fingerprint density at radius 3 is 2.26 bits per heavy atom. The summed E-state index contributed by atoms with van der Waals surface area (Å²) in [5, 5.41) is 8.36. The van der Waals surface area contributed by atoms with Gasteiger partial charge in [0.05, 0.1) is 5.56 Å². The monoisotopic (exact) mass is 254 g/mol. The summed E-state index contributed by atoms with van der Waals surface area (Å²) in [5.74, 6) is -0.478. The second-order valence-corrected chi connectivity index (χ2v) is 4.23. The minimum atomic E-state index is -0.478. The lowest BCUT2D eigenvalue weighted by molar-refractivity contribution is 0.0555. The smallest absolute Gasteiger partial charge is 0.339 e. The van der Waals surface area contributed by atoms with Crippen molar-refractivity contribution in [3.63, 3.8) is 0 Å². The number of hydrogen-bond acceptors (Lipinski definition) is 3. The van der Waals surface area contributed by atoms with Crippen molar-refractivity contribution < 1.29 is 9.53 Å². The molecule has 1 aromatic carbocycles. The van der Waals surface area contributed by atoms with Crippen molar-refractivity contribution in [2.45, 2.75) is 13.8 Å². The lowest BCUT2D eigenvalue weighted by Gasteiger charge is -2.09. The second kappa shape index (κ2) is 5.40. The normalized spacial score (nSPS) is 9.95. The average Bonchev–Trinajstić information content (AvgIpc) is 2.76. The molecular weight excluding hydrogens is 240 g/mol. The third kappa shape index (κ3) is 2.66. The molecule has 0 saturated heterocycles. The number of rotatable bonds is 3. The van der Waals surface area contributed by atoms with Gasteiger partial charge in [-0.2, -0.15) is 5.26 Å². The number of carbonyl (C=O) groups excluding carboxylic acids is 1. The summed E-state index contributed by atoms with van der Waals surface area (Å²) in [6.45, 7) is 3.83. The molecule has 2 rings (SSSR count). The average molecular weight is 254 g/mol. The molecule has 19 heavy (non-hydrogen) atoms. The van der Waals surface area contributed by atoms with E-state index in [9.17, 15) is 4.79 Å². The summed E-state index contributed by atoms with van der Waals surface area (Å²) < 4.78 is 6.85. The topological polar surface area (TPSA) is 55.0 Å². The zero-order valence-corrected chi connectivity index (χ0v) is 10.9. The molecule has 0 spiro atoms. The van der Waals surface area contributed by atoms with Crippen molar-refractivity contribution >= 4 is 5.97 Å². The van der Waals surface area contributed by atoms with Crippen molar-refractivity contribution in [3.8, 4) is 11.8 Å². The molecule has 0 radical (unpaired) electrons. The van der Waals surface area contributed by atoms with Crippen LogP contribution in [-0.2, 0) is 4.74 Å². The van der Waals surface area contributed by atoms with E-state index in [1.165, 1.54) is 0 Å². The Hall–Kier alpha value is -2.54. The maximum absolute atomic E-state index is 11.6. The van der Waals surface area contributed by atoms with Crippen LogP contribution in [0.4, 0.5) is 0 Å². The highest BCUT2D eigenvalue weighted by atomic mass is 16.5. The molecule has 0 fully saturated rings. The fraction of sp³-hybridized carbons (Fsp3) is 0.200. The first kappa shape index (κ1) is 12.9. The van der Waals surface area contributed by atoms with Gasteiger partial charge in [-0.1, -0.05) is 0 Å². The van der Waals surface area contributed by atoms with E-state index in [4.69, 9.17) is 10.00 Å². The lowest BCUT2D eigenvalue weighted by Crippen LogP contribution is -2.06. The van der Waals surface area contributed by atoms with E-state index in [0.717, 1.165) is 17.1 Å². The number of hydrogen-bond donors (Lipinski definition) is 0. The summed E-state index contributed by atoms with van der Waals surface area (Å²) in [6.07, 6.45) is 0. The zero-order valence-electron chi connectivity index (χ0n) is 10.9. The predicted molar refractivity (Wildman–Crippen MR) is 71.1 cm³/mol. The zero-order chi connectivity index (χ0) is 13.8. The fourth-order valence-corrected chi connectivity index (χ4v) is 2.00. The summed E-state index contributed by atoms with van der Waals surface area (Å²) in [4.78, 5) is 11.6. The van der Waals surface area contributed by atoms with Gasteiger partial charge in [0.25, 0.3) is 0 Å². The number of carbonyl (C=O) groups is 1. The van der Waals surface area contributed by atoms with Crippen LogP contribution in [0.15, 0.2) is 36.4 Å². The highest BCUT2D eigenvalue weighted by Crippen LogP contribution is 2.17. The van der Waals surface area contributed by atoms with Crippen molar-refractivity contribution in [1.82, 2.24) is 4.57 Å². The van der Waals surface area contributed by atoms with E-state index in [-0.39, 0.29) is 6.61 Å². The van der Waals surface area contributed by atoms with Crippen molar-refractivity contribution in [1.29, 1.82) is 5.26 Å². The molecule has 0 N–H and O–H groups in total. The van der Waals surface area contributed by atoms with Gasteiger partial charge in [-0.25, -0.2) is 4.79 Å². The lowest BCUT2D eigenvalue weighted by atomic mass is 10.2. The van der Waals surface area contributed by atoms with Crippen LogP contribution in [0.3, 0.4) is 0 Å². The Labute approximate surface area is 111 Å². The number of nitriles is 1. The van der Waals surface area contributed by atoms with Crippen LogP contribution in [-0.4, -0.2) is 17.1 Å². The molecule has 4 heteroatoms. The van der Waals surface area contributed by atoms with Crippen molar-refractivity contribution in [2.75, 3.05) is 6.61 Å². The molecule has 0 saturated carbocycles. The summed E-state index contributed by atoms with van der Waals surface area (Å²) in [6, 6.07) is 13.0. The largest absolute Gasteiger partial charge is 0.447 e.